The first kappa shape index (κ1) is 23.5. The Bertz CT molecular complexity index is 1520. The van der Waals surface area contributed by atoms with E-state index in [9.17, 15) is 0 Å². The summed E-state index contributed by atoms with van der Waals surface area (Å²) in [6.45, 7) is 6.60. The van der Waals surface area contributed by atoms with E-state index in [1.54, 1.807) is 0 Å². The average Bonchev–Trinajstić information content (AvgIpc) is 3.29. The molecule has 0 atom stereocenters. The van der Waals surface area contributed by atoms with Crippen LogP contribution in [0.4, 0.5) is 5.82 Å². The Hall–Kier alpha value is -3.91. The van der Waals surface area contributed by atoms with Gasteiger partial charge in [0.15, 0.2) is 0 Å². The predicted molar refractivity (Wildman–Crippen MR) is 159 cm³/mol. The summed E-state index contributed by atoms with van der Waals surface area (Å²) in [6.07, 6.45) is 4.66. The van der Waals surface area contributed by atoms with Crippen molar-refractivity contribution in [3.8, 4) is 44.6 Å². The second-order valence-corrected chi connectivity index (χ2v) is 10.0. The third-order valence-corrected chi connectivity index (χ3v) is 7.59. The van der Waals surface area contributed by atoms with Crippen LogP contribution in [-0.2, 0) is 0 Å². The minimum absolute atomic E-state index is 1.02. The van der Waals surface area contributed by atoms with E-state index in [2.05, 4.69) is 116 Å². The van der Waals surface area contributed by atoms with Crippen LogP contribution in [0.3, 0.4) is 0 Å². The maximum Gasteiger partial charge on any atom is 0.137 e. The molecule has 1 aliphatic rings. The maximum atomic E-state index is 5.59. The number of anilines is 1. The minimum atomic E-state index is 1.02. The molecule has 0 aliphatic heterocycles. The van der Waals surface area contributed by atoms with Gasteiger partial charge in [0.05, 0.1) is 5.69 Å². The van der Waals surface area contributed by atoms with Gasteiger partial charge in [0.25, 0.3) is 0 Å². The number of pyridine rings is 1. The molecule has 37 heavy (non-hydrogen) atoms. The van der Waals surface area contributed by atoms with Gasteiger partial charge >= 0.3 is 0 Å². The topological polar surface area (TPSA) is 16.1 Å². The molecule has 0 unspecified atom stereocenters. The lowest BCUT2D eigenvalue weighted by Gasteiger charge is -2.29. The number of unbranched alkanes of at least 4 members (excludes halogenated alkanes) is 2. The number of hydrogen-bond donors (Lipinski definition) is 0. The van der Waals surface area contributed by atoms with Crippen LogP contribution in [0.2, 0.25) is 0 Å². The van der Waals surface area contributed by atoms with Crippen LogP contribution in [0, 0.1) is 0 Å². The zero-order valence-corrected chi connectivity index (χ0v) is 21.9. The molecule has 1 heterocycles. The van der Waals surface area contributed by atoms with E-state index in [1.165, 1.54) is 62.6 Å². The molecule has 5 aromatic rings. The second kappa shape index (κ2) is 10.2. The standard InChI is InChI=1S/C35H34N2/c1-3-5-23-37(24-6-4-2)35-31(26-15-9-7-10-16-26)32-28-21-13-19-25-20-14-22-29(30(25)28)33(32)34(36-35)27-17-11-8-12-18-27/h7-22H,3-6,23-24H2,1-2H3. The highest BCUT2D eigenvalue weighted by Gasteiger charge is 2.32. The fourth-order valence-corrected chi connectivity index (χ4v) is 5.80. The molecule has 1 aromatic heterocycles. The van der Waals surface area contributed by atoms with Crippen molar-refractivity contribution < 1.29 is 0 Å². The quantitative estimate of drug-likeness (QED) is 0.204. The Balaban J connectivity index is 1.74. The number of benzene rings is 4. The lowest BCUT2D eigenvalue weighted by molar-refractivity contribution is 0.672. The van der Waals surface area contributed by atoms with Gasteiger partial charge in [-0.25, -0.2) is 4.98 Å². The summed E-state index contributed by atoms with van der Waals surface area (Å²) in [6, 6.07) is 35.2. The fraction of sp³-hybridized carbons (Fsp3) is 0.229. The molecular weight excluding hydrogens is 448 g/mol. The van der Waals surface area contributed by atoms with E-state index in [0.29, 0.717) is 0 Å². The smallest absolute Gasteiger partial charge is 0.137 e. The van der Waals surface area contributed by atoms with Gasteiger partial charge in [0.1, 0.15) is 5.82 Å². The molecule has 0 radical (unpaired) electrons. The van der Waals surface area contributed by atoms with Crippen molar-refractivity contribution in [3.05, 3.63) is 97.1 Å². The Kier molecular flexibility index (Phi) is 6.49. The summed E-state index contributed by atoms with van der Waals surface area (Å²) in [5.74, 6) is 1.12. The van der Waals surface area contributed by atoms with Crippen molar-refractivity contribution in [2.45, 2.75) is 39.5 Å². The van der Waals surface area contributed by atoms with E-state index in [-0.39, 0.29) is 0 Å². The van der Waals surface area contributed by atoms with Crippen LogP contribution in [-0.4, -0.2) is 18.1 Å². The molecule has 0 amide bonds. The van der Waals surface area contributed by atoms with Crippen LogP contribution >= 0.6 is 0 Å². The zero-order chi connectivity index (χ0) is 25.2. The molecule has 2 heteroatoms. The van der Waals surface area contributed by atoms with Crippen LogP contribution < -0.4 is 4.90 Å². The molecule has 0 N–H and O–H groups in total. The summed E-state index contributed by atoms with van der Waals surface area (Å²) < 4.78 is 0. The van der Waals surface area contributed by atoms with Crippen molar-refractivity contribution in [3.63, 3.8) is 0 Å². The molecule has 184 valence electrons. The van der Waals surface area contributed by atoms with E-state index in [0.717, 1.165) is 37.4 Å². The summed E-state index contributed by atoms with van der Waals surface area (Å²) >= 11 is 0. The molecule has 0 fully saturated rings. The fourth-order valence-electron chi connectivity index (χ4n) is 5.80. The maximum absolute atomic E-state index is 5.59. The largest absolute Gasteiger partial charge is 0.356 e. The van der Waals surface area contributed by atoms with Gasteiger partial charge in [-0.3, -0.25) is 0 Å². The first-order chi connectivity index (χ1) is 18.3. The van der Waals surface area contributed by atoms with Crippen molar-refractivity contribution in [2.24, 2.45) is 0 Å². The Labute approximate surface area is 220 Å². The van der Waals surface area contributed by atoms with E-state index >= 15 is 0 Å². The Morgan fingerprint density at radius 1 is 0.568 bits per heavy atom. The number of aromatic nitrogens is 1. The molecule has 0 spiro atoms. The Morgan fingerprint density at radius 3 is 1.73 bits per heavy atom. The highest BCUT2D eigenvalue weighted by molar-refractivity contribution is 6.21. The highest BCUT2D eigenvalue weighted by Crippen LogP contribution is 2.56. The molecule has 1 aliphatic carbocycles. The molecule has 2 nitrogen and oxygen atoms in total. The average molecular weight is 483 g/mol. The molecule has 6 rings (SSSR count). The number of nitrogens with zero attached hydrogens (tertiary/aromatic N) is 2. The summed E-state index contributed by atoms with van der Waals surface area (Å²) in [5.41, 5.74) is 10.0. The highest BCUT2D eigenvalue weighted by atomic mass is 15.2. The van der Waals surface area contributed by atoms with Crippen molar-refractivity contribution in [1.29, 1.82) is 0 Å². The third-order valence-electron chi connectivity index (χ3n) is 7.59. The van der Waals surface area contributed by atoms with Crippen molar-refractivity contribution in [2.75, 3.05) is 18.0 Å². The minimum Gasteiger partial charge on any atom is -0.356 e. The van der Waals surface area contributed by atoms with Gasteiger partial charge in [-0.1, -0.05) is 124 Å². The van der Waals surface area contributed by atoms with Crippen LogP contribution in [0.5, 0.6) is 0 Å². The third kappa shape index (κ3) is 4.11. The zero-order valence-electron chi connectivity index (χ0n) is 21.9. The molecular formula is C35H34N2. The normalized spacial score (nSPS) is 11.6. The number of fused-ring (bicyclic) bond motifs is 3. The van der Waals surface area contributed by atoms with Gasteiger partial charge in [0.2, 0.25) is 0 Å². The number of hydrogen-bond acceptors (Lipinski definition) is 2. The first-order valence-corrected chi connectivity index (χ1v) is 13.8. The lowest BCUT2D eigenvalue weighted by Crippen LogP contribution is -2.27. The van der Waals surface area contributed by atoms with Crippen LogP contribution in [0.25, 0.3) is 55.4 Å². The van der Waals surface area contributed by atoms with Crippen LogP contribution in [0.15, 0.2) is 97.1 Å². The van der Waals surface area contributed by atoms with Gasteiger partial charge in [-0.15, -0.1) is 0 Å². The van der Waals surface area contributed by atoms with Crippen molar-refractivity contribution in [1.82, 2.24) is 4.98 Å². The van der Waals surface area contributed by atoms with E-state index in [1.807, 2.05) is 0 Å². The first-order valence-electron chi connectivity index (χ1n) is 13.8. The monoisotopic (exact) mass is 482 g/mol. The van der Waals surface area contributed by atoms with Crippen LogP contribution in [0.1, 0.15) is 39.5 Å². The van der Waals surface area contributed by atoms with Gasteiger partial charge in [-0.2, -0.15) is 0 Å². The van der Waals surface area contributed by atoms with Gasteiger partial charge in [-0.05, 0) is 40.3 Å². The summed E-state index contributed by atoms with van der Waals surface area (Å²) in [4.78, 5) is 8.15. The van der Waals surface area contributed by atoms with Gasteiger partial charge in [0, 0.05) is 35.3 Å². The SMILES string of the molecule is CCCCN(CCCC)c1nc(-c2ccccc2)c2c(c1-c1ccccc1)-c1cccc3cccc-2c13. The van der Waals surface area contributed by atoms with E-state index < -0.39 is 0 Å². The van der Waals surface area contributed by atoms with Gasteiger partial charge < -0.3 is 4.90 Å². The molecule has 0 saturated heterocycles. The summed E-state index contributed by atoms with van der Waals surface area (Å²) in [5, 5.41) is 2.64. The predicted octanol–water partition coefficient (Wildman–Crippen LogP) is 9.62. The Morgan fingerprint density at radius 2 is 1.14 bits per heavy atom. The lowest BCUT2D eigenvalue weighted by atomic mass is 9.90. The molecule has 0 bridgehead atoms. The van der Waals surface area contributed by atoms with Crippen molar-refractivity contribution >= 4 is 16.6 Å². The second-order valence-electron chi connectivity index (χ2n) is 10.0. The summed E-state index contributed by atoms with van der Waals surface area (Å²) in [7, 11) is 0. The number of rotatable bonds is 9. The molecule has 0 saturated carbocycles. The molecule has 4 aromatic carbocycles. The van der Waals surface area contributed by atoms with E-state index in [4.69, 9.17) is 4.98 Å².